The fraction of sp³-hybridized carbons (Fsp3) is 0.750. The minimum atomic E-state index is 0.700. The van der Waals surface area contributed by atoms with Crippen molar-refractivity contribution >= 4 is 28.3 Å². The Morgan fingerprint density at radius 3 is 2.85 bits per heavy atom. The number of halogens is 1. The van der Waals surface area contributed by atoms with Crippen molar-refractivity contribution in [2.45, 2.75) is 12.8 Å². The van der Waals surface area contributed by atoms with E-state index >= 15 is 0 Å². The quantitative estimate of drug-likeness (QED) is 0.710. The Morgan fingerprint density at radius 2 is 2.31 bits per heavy atom. The number of alkyl halides is 1. The number of piperidine rings is 1. The number of hydrogen-bond acceptors (Lipinski definition) is 4. The lowest BCUT2D eigenvalue weighted by molar-refractivity contribution is 0.442. The molecule has 0 amide bonds. The summed E-state index contributed by atoms with van der Waals surface area (Å²) in [6.07, 6.45) is 3.99. The highest BCUT2D eigenvalue weighted by molar-refractivity contribution is 7.09. The molecule has 1 aromatic rings. The first-order valence-electron chi connectivity index (χ1n) is 4.47. The van der Waals surface area contributed by atoms with Gasteiger partial charge in [0.25, 0.3) is 0 Å². The molecule has 0 spiro atoms. The van der Waals surface area contributed by atoms with Gasteiger partial charge in [-0.15, -0.1) is 11.6 Å². The molecule has 3 nitrogen and oxygen atoms in total. The molecule has 0 radical (unpaired) electrons. The smallest absolute Gasteiger partial charge is 0.204 e. The molecule has 0 bridgehead atoms. The van der Waals surface area contributed by atoms with Gasteiger partial charge < -0.3 is 4.90 Å². The molecule has 0 aliphatic carbocycles. The van der Waals surface area contributed by atoms with Crippen LogP contribution >= 0.6 is 23.1 Å². The largest absolute Gasteiger partial charge is 0.347 e. The van der Waals surface area contributed by atoms with Gasteiger partial charge in [0.1, 0.15) is 6.33 Å². The third kappa shape index (κ3) is 2.11. The first kappa shape index (κ1) is 9.21. The van der Waals surface area contributed by atoms with Crippen molar-refractivity contribution in [1.82, 2.24) is 9.36 Å². The van der Waals surface area contributed by atoms with E-state index in [2.05, 4.69) is 14.3 Å². The molecule has 5 heteroatoms. The zero-order chi connectivity index (χ0) is 9.10. The highest BCUT2D eigenvalue weighted by atomic mass is 35.5. The summed E-state index contributed by atoms with van der Waals surface area (Å²) in [7, 11) is 0. The van der Waals surface area contributed by atoms with Gasteiger partial charge in [0.05, 0.1) is 0 Å². The van der Waals surface area contributed by atoms with Crippen LogP contribution in [0.3, 0.4) is 0 Å². The summed E-state index contributed by atoms with van der Waals surface area (Å²) >= 11 is 7.28. The molecule has 1 saturated heterocycles. The van der Waals surface area contributed by atoms with Crippen molar-refractivity contribution < 1.29 is 0 Å². The van der Waals surface area contributed by atoms with Crippen molar-refractivity contribution in [3.8, 4) is 0 Å². The van der Waals surface area contributed by atoms with Crippen LogP contribution in [0.2, 0.25) is 0 Å². The molecule has 1 fully saturated rings. The fourth-order valence-corrected chi connectivity index (χ4v) is 2.47. The molecule has 1 aromatic heterocycles. The molecule has 1 aliphatic heterocycles. The van der Waals surface area contributed by atoms with E-state index in [4.69, 9.17) is 11.6 Å². The lowest BCUT2D eigenvalue weighted by atomic mass is 9.99. The Kier molecular flexibility index (Phi) is 3.01. The lowest BCUT2D eigenvalue weighted by Gasteiger charge is -2.30. The molecule has 13 heavy (non-hydrogen) atoms. The van der Waals surface area contributed by atoms with Gasteiger partial charge in [-0.05, 0) is 18.8 Å². The van der Waals surface area contributed by atoms with Gasteiger partial charge in [-0.3, -0.25) is 0 Å². The molecule has 0 saturated carbocycles. The van der Waals surface area contributed by atoms with Crippen molar-refractivity contribution in [1.29, 1.82) is 0 Å². The van der Waals surface area contributed by atoms with Crippen LogP contribution in [0, 0.1) is 5.92 Å². The molecule has 2 rings (SSSR count). The number of anilines is 1. The first-order valence-corrected chi connectivity index (χ1v) is 5.78. The van der Waals surface area contributed by atoms with Gasteiger partial charge in [-0.2, -0.15) is 4.37 Å². The second-order valence-electron chi connectivity index (χ2n) is 3.31. The van der Waals surface area contributed by atoms with E-state index in [1.165, 1.54) is 24.4 Å². The number of hydrogen-bond donors (Lipinski definition) is 0. The van der Waals surface area contributed by atoms with E-state index in [0.29, 0.717) is 5.92 Å². The Hall–Kier alpha value is -0.350. The van der Waals surface area contributed by atoms with Crippen LogP contribution in [-0.4, -0.2) is 28.3 Å². The highest BCUT2D eigenvalue weighted by Crippen LogP contribution is 2.23. The summed E-state index contributed by atoms with van der Waals surface area (Å²) in [5.74, 6) is 1.50. The maximum atomic E-state index is 5.81. The van der Waals surface area contributed by atoms with Crippen LogP contribution < -0.4 is 4.90 Å². The van der Waals surface area contributed by atoms with Crippen LogP contribution in [0.25, 0.3) is 0 Å². The van der Waals surface area contributed by atoms with Crippen LogP contribution in [-0.2, 0) is 0 Å². The highest BCUT2D eigenvalue weighted by Gasteiger charge is 2.19. The van der Waals surface area contributed by atoms with E-state index in [1.807, 2.05) is 0 Å². The fourth-order valence-electron chi connectivity index (χ4n) is 1.59. The van der Waals surface area contributed by atoms with Gasteiger partial charge in [-0.1, -0.05) is 0 Å². The number of rotatable bonds is 2. The summed E-state index contributed by atoms with van der Waals surface area (Å²) in [6, 6.07) is 0. The van der Waals surface area contributed by atoms with Gasteiger partial charge in [0.2, 0.25) is 5.13 Å². The maximum absolute atomic E-state index is 5.81. The third-order valence-corrected chi connectivity index (χ3v) is 3.62. The van der Waals surface area contributed by atoms with Crippen molar-refractivity contribution in [3.05, 3.63) is 6.33 Å². The summed E-state index contributed by atoms with van der Waals surface area (Å²) in [5, 5.41) is 1.05. The molecule has 0 aromatic carbocycles. The molecule has 0 unspecified atom stereocenters. The van der Waals surface area contributed by atoms with Gasteiger partial charge in [0, 0.05) is 30.5 Å². The summed E-state index contributed by atoms with van der Waals surface area (Å²) < 4.78 is 4.00. The Bertz CT molecular complexity index is 244. The number of nitrogens with zero attached hydrogens (tertiary/aromatic N) is 3. The van der Waals surface area contributed by atoms with Crippen LogP contribution in [0.1, 0.15) is 12.8 Å². The Labute approximate surface area is 86.9 Å². The number of aromatic nitrogens is 2. The van der Waals surface area contributed by atoms with Crippen LogP contribution in [0.5, 0.6) is 0 Å². The average molecular weight is 218 g/mol. The molecule has 0 atom stereocenters. The molecule has 0 N–H and O–H groups in total. The zero-order valence-electron chi connectivity index (χ0n) is 7.32. The van der Waals surface area contributed by atoms with Crippen molar-refractivity contribution in [2.24, 2.45) is 5.92 Å². The van der Waals surface area contributed by atoms with Crippen molar-refractivity contribution in [2.75, 3.05) is 23.9 Å². The average Bonchev–Trinajstić information content (AvgIpc) is 2.71. The SMILES string of the molecule is ClCC1CCN(c2ncns2)CC1. The van der Waals surface area contributed by atoms with Crippen LogP contribution in [0.4, 0.5) is 5.13 Å². The standard InChI is InChI=1S/C8H12ClN3S/c9-5-7-1-3-12(4-2-7)8-10-6-11-13-8/h6-7H,1-5H2. The molecule has 2 heterocycles. The second-order valence-corrected chi connectivity index (χ2v) is 4.38. The first-order chi connectivity index (χ1) is 6.40. The maximum Gasteiger partial charge on any atom is 0.204 e. The minimum absolute atomic E-state index is 0.700. The van der Waals surface area contributed by atoms with E-state index in [9.17, 15) is 0 Å². The topological polar surface area (TPSA) is 29.0 Å². The molecular formula is C8H12ClN3S. The summed E-state index contributed by atoms with van der Waals surface area (Å²) in [5.41, 5.74) is 0. The monoisotopic (exact) mass is 217 g/mol. The van der Waals surface area contributed by atoms with Gasteiger partial charge in [-0.25, -0.2) is 4.98 Å². The van der Waals surface area contributed by atoms with Crippen molar-refractivity contribution in [3.63, 3.8) is 0 Å². The molecule has 72 valence electrons. The van der Waals surface area contributed by atoms with E-state index in [1.54, 1.807) is 6.33 Å². The Morgan fingerprint density at radius 1 is 1.54 bits per heavy atom. The normalized spacial score (nSPS) is 19.3. The predicted octanol–water partition coefficient (Wildman–Crippen LogP) is 1.99. The predicted molar refractivity (Wildman–Crippen MR) is 55.6 cm³/mol. The van der Waals surface area contributed by atoms with E-state index in [0.717, 1.165) is 24.1 Å². The Balaban J connectivity index is 1.92. The van der Waals surface area contributed by atoms with E-state index in [-0.39, 0.29) is 0 Å². The lowest BCUT2D eigenvalue weighted by Crippen LogP contribution is -2.34. The van der Waals surface area contributed by atoms with Gasteiger partial charge >= 0.3 is 0 Å². The van der Waals surface area contributed by atoms with Crippen LogP contribution in [0.15, 0.2) is 6.33 Å². The second kappa shape index (κ2) is 4.24. The van der Waals surface area contributed by atoms with Gasteiger partial charge in [0.15, 0.2) is 0 Å². The summed E-state index contributed by atoms with van der Waals surface area (Å²) in [4.78, 5) is 6.48. The molecular weight excluding hydrogens is 206 g/mol. The van der Waals surface area contributed by atoms with E-state index < -0.39 is 0 Å². The summed E-state index contributed by atoms with van der Waals surface area (Å²) in [6.45, 7) is 2.15. The third-order valence-electron chi connectivity index (χ3n) is 2.45. The molecule has 1 aliphatic rings. The minimum Gasteiger partial charge on any atom is -0.347 e. The zero-order valence-corrected chi connectivity index (χ0v) is 8.89.